The number of benzene rings is 2. The summed E-state index contributed by atoms with van der Waals surface area (Å²) in [5, 5.41) is 3.19. The number of hydrogen-bond donors (Lipinski definition) is 1. The molecular weight excluding hydrogens is 348 g/mol. The lowest BCUT2D eigenvalue weighted by Crippen LogP contribution is -2.32. The van der Waals surface area contributed by atoms with E-state index >= 15 is 0 Å². The molecule has 1 N–H and O–H groups in total. The molecule has 0 saturated carbocycles. The first-order valence-electron chi connectivity index (χ1n) is 9.49. The van der Waals surface area contributed by atoms with Crippen LogP contribution >= 0.6 is 0 Å². The van der Waals surface area contributed by atoms with Gasteiger partial charge in [-0.3, -0.25) is 14.5 Å². The maximum atomic E-state index is 13.0. The molecule has 28 heavy (non-hydrogen) atoms. The molecule has 1 heterocycles. The molecule has 0 saturated heterocycles. The second-order valence-corrected chi connectivity index (χ2v) is 7.46. The first-order valence-corrected chi connectivity index (χ1v) is 9.49. The topological polar surface area (TPSA) is 49.4 Å². The Balaban J connectivity index is 2.05. The molecule has 0 aliphatic carbocycles. The lowest BCUT2D eigenvalue weighted by atomic mass is 9.99. The molecule has 1 aliphatic rings. The van der Waals surface area contributed by atoms with Crippen molar-refractivity contribution in [3.05, 3.63) is 83.1 Å². The van der Waals surface area contributed by atoms with Gasteiger partial charge in [-0.05, 0) is 54.2 Å². The van der Waals surface area contributed by atoms with Crippen LogP contribution in [-0.4, -0.2) is 23.3 Å². The van der Waals surface area contributed by atoms with Crippen molar-refractivity contribution in [1.82, 2.24) is 4.90 Å². The van der Waals surface area contributed by atoms with Crippen molar-refractivity contribution >= 4 is 23.1 Å². The molecule has 0 bridgehead atoms. The van der Waals surface area contributed by atoms with E-state index in [0.717, 1.165) is 22.4 Å². The van der Waals surface area contributed by atoms with Gasteiger partial charge in [0.1, 0.15) is 5.70 Å². The van der Waals surface area contributed by atoms with Crippen LogP contribution < -0.4 is 5.32 Å². The number of rotatable bonds is 6. The van der Waals surface area contributed by atoms with Crippen LogP contribution in [0.5, 0.6) is 0 Å². The fourth-order valence-electron chi connectivity index (χ4n) is 3.25. The monoisotopic (exact) mass is 374 g/mol. The van der Waals surface area contributed by atoms with E-state index in [-0.39, 0.29) is 18.4 Å². The van der Waals surface area contributed by atoms with E-state index in [2.05, 4.69) is 25.7 Å². The second kappa shape index (κ2) is 7.85. The summed E-state index contributed by atoms with van der Waals surface area (Å²) in [5.41, 5.74) is 5.68. The molecule has 0 spiro atoms. The van der Waals surface area contributed by atoms with Gasteiger partial charge in [-0.25, -0.2) is 0 Å². The summed E-state index contributed by atoms with van der Waals surface area (Å²) < 4.78 is 0. The summed E-state index contributed by atoms with van der Waals surface area (Å²) in [4.78, 5) is 27.2. The molecule has 4 nitrogen and oxygen atoms in total. The molecular formula is C24H26N2O2. The van der Waals surface area contributed by atoms with Crippen molar-refractivity contribution in [1.29, 1.82) is 0 Å². The summed E-state index contributed by atoms with van der Waals surface area (Å²) in [5.74, 6) is -0.197. The molecule has 2 amide bonds. The van der Waals surface area contributed by atoms with Crippen LogP contribution in [-0.2, 0) is 9.59 Å². The highest BCUT2D eigenvalue weighted by atomic mass is 16.2. The predicted molar refractivity (Wildman–Crippen MR) is 114 cm³/mol. The predicted octanol–water partition coefficient (Wildman–Crippen LogP) is 4.80. The van der Waals surface area contributed by atoms with Crippen LogP contribution in [0.1, 0.15) is 42.0 Å². The zero-order valence-corrected chi connectivity index (χ0v) is 16.9. The molecule has 3 rings (SSSR count). The smallest absolute Gasteiger partial charge is 0.278 e. The van der Waals surface area contributed by atoms with Crippen LogP contribution in [0.25, 0.3) is 5.57 Å². The first-order chi connectivity index (χ1) is 13.3. The van der Waals surface area contributed by atoms with Gasteiger partial charge in [0, 0.05) is 12.2 Å². The third kappa shape index (κ3) is 3.63. The lowest BCUT2D eigenvalue weighted by molar-refractivity contribution is -0.136. The number of amides is 2. The van der Waals surface area contributed by atoms with Crippen LogP contribution in [0, 0.1) is 13.8 Å². The summed E-state index contributed by atoms with van der Waals surface area (Å²) >= 11 is 0. The van der Waals surface area contributed by atoms with Crippen molar-refractivity contribution in [3.63, 3.8) is 0 Å². The Hall–Kier alpha value is -3.14. The number of nitrogens with one attached hydrogen (secondary N) is 1. The minimum Gasteiger partial charge on any atom is -0.350 e. The van der Waals surface area contributed by atoms with Gasteiger partial charge in [-0.15, -0.1) is 6.58 Å². The molecule has 0 atom stereocenters. The van der Waals surface area contributed by atoms with Crippen LogP contribution in [0.3, 0.4) is 0 Å². The van der Waals surface area contributed by atoms with E-state index in [1.54, 1.807) is 6.08 Å². The van der Waals surface area contributed by atoms with E-state index in [1.165, 1.54) is 10.5 Å². The maximum Gasteiger partial charge on any atom is 0.278 e. The Bertz CT molecular complexity index is 969. The number of anilines is 1. The second-order valence-electron chi connectivity index (χ2n) is 7.46. The zero-order valence-electron chi connectivity index (χ0n) is 16.9. The van der Waals surface area contributed by atoms with E-state index in [9.17, 15) is 9.59 Å². The van der Waals surface area contributed by atoms with E-state index < -0.39 is 0 Å². The molecule has 1 aliphatic heterocycles. The van der Waals surface area contributed by atoms with E-state index in [1.807, 2.05) is 56.3 Å². The Morgan fingerprint density at radius 3 is 2.25 bits per heavy atom. The highest BCUT2D eigenvalue weighted by Gasteiger charge is 2.38. The van der Waals surface area contributed by atoms with Crippen LogP contribution in [0.2, 0.25) is 0 Å². The number of hydrogen-bond acceptors (Lipinski definition) is 3. The Labute approximate surface area is 166 Å². The number of carbonyl (C=O) groups excluding carboxylic acids is 2. The number of nitrogens with zero attached hydrogens (tertiary/aromatic N) is 1. The Morgan fingerprint density at radius 1 is 1.00 bits per heavy atom. The summed E-state index contributed by atoms with van der Waals surface area (Å²) in [6.07, 6.45) is 1.56. The fraction of sp³-hybridized carbons (Fsp3) is 0.250. The minimum absolute atomic E-state index is 0.184. The quantitative estimate of drug-likeness (QED) is 0.583. The van der Waals surface area contributed by atoms with E-state index in [4.69, 9.17) is 0 Å². The standard InChI is InChI=1S/C24H26N2O2/c1-6-13-26-23(27)21(19-8-7-16(4)17(5)14-19)22(24(26)28)25-20-11-9-18(10-12-20)15(2)3/h6-12,14-15,25H,1,13H2,2-5H3. The van der Waals surface area contributed by atoms with Crippen LogP contribution in [0.15, 0.2) is 60.8 Å². The third-order valence-corrected chi connectivity index (χ3v) is 5.12. The van der Waals surface area contributed by atoms with Gasteiger partial charge in [0.15, 0.2) is 0 Å². The summed E-state index contributed by atoms with van der Waals surface area (Å²) in [7, 11) is 0. The molecule has 144 valence electrons. The van der Waals surface area contributed by atoms with Gasteiger partial charge in [0.05, 0.1) is 5.57 Å². The SMILES string of the molecule is C=CCN1C(=O)C(Nc2ccc(C(C)C)cc2)=C(c2ccc(C)c(C)c2)C1=O. The molecule has 4 heteroatoms. The third-order valence-electron chi connectivity index (χ3n) is 5.12. The number of carbonyl (C=O) groups is 2. The molecule has 0 radical (unpaired) electrons. The van der Waals surface area contributed by atoms with Crippen molar-refractivity contribution in [2.75, 3.05) is 11.9 Å². The maximum absolute atomic E-state index is 13.0. The van der Waals surface area contributed by atoms with Gasteiger partial charge in [-0.2, -0.15) is 0 Å². The number of imide groups is 1. The normalized spacial score (nSPS) is 14.2. The van der Waals surface area contributed by atoms with E-state index in [0.29, 0.717) is 17.2 Å². The first kappa shape index (κ1) is 19.6. The molecule has 0 unspecified atom stereocenters. The Kier molecular flexibility index (Phi) is 5.50. The summed E-state index contributed by atoms with van der Waals surface area (Å²) in [6, 6.07) is 13.8. The van der Waals surface area contributed by atoms with Crippen molar-refractivity contribution < 1.29 is 9.59 Å². The van der Waals surface area contributed by atoms with Gasteiger partial charge in [0.25, 0.3) is 11.8 Å². The van der Waals surface area contributed by atoms with Crippen molar-refractivity contribution in [2.45, 2.75) is 33.6 Å². The molecule has 0 aromatic heterocycles. The average Bonchev–Trinajstić information content (AvgIpc) is 2.89. The van der Waals surface area contributed by atoms with Crippen molar-refractivity contribution in [3.8, 4) is 0 Å². The highest BCUT2D eigenvalue weighted by molar-refractivity contribution is 6.36. The average molecular weight is 374 g/mol. The van der Waals surface area contributed by atoms with Gasteiger partial charge in [0.2, 0.25) is 0 Å². The van der Waals surface area contributed by atoms with Gasteiger partial charge < -0.3 is 5.32 Å². The molecule has 2 aromatic carbocycles. The molecule has 0 fully saturated rings. The minimum atomic E-state index is -0.328. The van der Waals surface area contributed by atoms with Gasteiger partial charge >= 0.3 is 0 Å². The number of aryl methyl sites for hydroxylation is 2. The van der Waals surface area contributed by atoms with Gasteiger partial charge in [-0.1, -0.05) is 50.3 Å². The van der Waals surface area contributed by atoms with Crippen molar-refractivity contribution in [2.24, 2.45) is 0 Å². The lowest BCUT2D eigenvalue weighted by Gasteiger charge is -2.13. The fourth-order valence-corrected chi connectivity index (χ4v) is 3.25. The molecule has 2 aromatic rings. The highest BCUT2D eigenvalue weighted by Crippen LogP contribution is 2.31. The summed E-state index contributed by atoms with van der Waals surface area (Å²) in [6.45, 7) is 12.1. The zero-order chi connectivity index (χ0) is 20.4. The Morgan fingerprint density at radius 2 is 1.68 bits per heavy atom. The largest absolute Gasteiger partial charge is 0.350 e. The van der Waals surface area contributed by atoms with Crippen LogP contribution in [0.4, 0.5) is 5.69 Å².